The average molecular weight is 245 g/mol. The fraction of sp³-hybridized carbons (Fsp3) is 0.917. The van der Waals surface area contributed by atoms with Gasteiger partial charge in [-0.05, 0) is 18.8 Å². The van der Waals surface area contributed by atoms with Crippen LogP contribution in [0, 0.1) is 5.92 Å². The molecule has 94 valence electrons. The van der Waals surface area contributed by atoms with E-state index in [-0.39, 0.29) is 5.91 Å². The maximum atomic E-state index is 11.7. The van der Waals surface area contributed by atoms with Crippen molar-refractivity contribution in [3.8, 4) is 0 Å². The molecule has 1 aliphatic rings. The van der Waals surface area contributed by atoms with E-state index in [4.69, 9.17) is 4.74 Å². The van der Waals surface area contributed by atoms with Crippen LogP contribution in [-0.4, -0.2) is 36.2 Å². The van der Waals surface area contributed by atoms with Crippen LogP contribution in [0.1, 0.15) is 33.6 Å². The summed E-state index contributed by atoms with van der Waals surface area (Å²) in [5.41, 5.74) is 0. The summed E-state index contributed by atoms with van der Waals surface area (Å²) in [4.78, 5) is 11.7. The predicted octanol–water partition coefficient (Wildman–Crippen LogP) is 2.06. The SMILES string of the molecule is CC(C)[C@@H](C)SCC(=O)NC1CCOCC1. The lowest BCUT2D eigenvalue weighted by molar-refractivity contribution is -0.119. The molecule has 0 unspecified atom stereocenters. The fourth-order valence-electron chi connectivity index (χ4n) is 1.51. The number of thioether (sulfide) groups is 1. The Morgan fingerprint density at radius 2 is 2.00 bits per heavy atom. The van der Waals surface area contributed by atoms with E-state index in [1.165, 1.54) is 0 Å². The van der Waals surface area contributed by atoms with Crippen molar-refractivity contribution in [2.24, 2.45) is 5.92 Å². The van der Waals surface area contributed by atoms with Crippen LogP contribution in [0.4, 0.5) is 0 Å². The third kappa shape index (κ3) is 5.21. The highest BCUT2D eigenvalue weighted by atomic mass is 32.2. The molecule has 16 heavy (non-hydrogen) atoms. The first-order valence-corrected chi connectivity index (χ1v) is 7.13. The van der Waals surface area contributed by atoms with Crippen molar-refractivity contribution < 1.29 is 9.53 Å². The lowest BCUT2D eigenvalue weighted by Crippen LogP contribution is -2.40. The lowest BCUT2D eigenvalue weighted by Gasteiger charge is -2.23. The summed E-state index contributed by atoms with van der Waals surface area (Å²) in [5.74, 6) is 1.38. The second-order valence-corrected chi connectivity index (χ2v) is 6.08. The van der Waals surface area contributed by atoms with Crippen LogP contribution in [0.3, 0.4) is 0 Å². The number of hydrogen-bond donors (Lipinski definition) is 1. The van der Waals surface area contributed by atoms with Crippen LogP contribution in [0.5, 0.6) is 0 Å². The molecule has 0 aromatic rings. The number of nitrogens with one attached hydrogen (secondary N) is 1. The van der Waals surface area contributed by atoms with Crippen molar-refractivity contribution in [3.05, 3.63) is 0 Å². The van der Waals surface area contributed by atoms with E-state index in [2.05, 4.69) is 26.1 Å². The van der Waals surface area contributed by atoms with Gasteiger partial charge in [0, 0.05) is 24.5 Å². The van der Waals surface area contributed by atoms with E-state index in [9.17, 15) is 4.79 Å². The van der Waals surface area contributed by atoms with Gasteiger partial charge in [-0.3, -0.25) is 4.79 Å². The first-order chi connectivity index (χ1) is 7.59. The molecule has 0 radical (unpaired) electrons. The summed E-state index contributed by atoms with van der Waals surface area (Å²) in [6.45, 7) is 8.11. The molecule has 0 aliphatic carbocycles. The summed E-state index contributed by atoms with van der Waals surface area (Å²) in [7, 11) is 0. The topological polar surface area (TPSA) is 38.3 Å². The monoisotopic (exact) mass is 245 g/mol. The Bertz CT molecular complexity index is 215. The summed E-state index contributed by atoms with van der Waals surface area (Å²) in [6, 6.07) is 0.330. The number of amides is 1. The van der Waals surface area contributed by atoms with Gasteiger partial charge in [0.15, 0.2) is 0 Å². The molecule has 1 fully saturated rings. The zero-order chi connectivity index (χ0) is 12.0. The second-order valence-electron chi connectivity index (χ2n) is 4.71. The summed E-state index contributed by atoms with van der Waals surface area (Å²) < 4.78 is 5.25. The molecule has 0 spiro atoms. The number of carbonyl (C=O) groups excluding carboxylic acids is 1. The first-order valence-electron chi connectivity index (χ1n) is 6.08. The molecule has 4 heteroatoms. The molecule has 3 nitrogen and oxygen atoms in total. The summed E-state index contributed by atoms with van der Waals surface area (Å²) in [5, 5.41) is 3.62. The fourth-order valence-corrected chi connectivity index (χ4v) is 2.39. The van der Waals surface area contributed by atoms with E-state index < -0.39 is 0 Å². The largest absolute Gasteiger partial charge is 0.381 e. The second kappa shape index (κ2) is 7.17. The van der Waals surface area contributed by atoms with Crippen molar-refractivity contribution in [3.63, 3.8) is 0 Å². The smallest absolute Gasteiger partial charge is 0.230 e. The number of hydrogen-bond acceptors (Lipinski definition) is 3. The highest BCUT2D eigenvalue weighted by Crippen LogP contribution is 2.18. The van der Waals surface area contributed by atoms with Gasteiger partial charge >= 0.3 is 0 Å². The van der Waals surface area contributed by atoms with Gasteiger partial charge in [0.2, 0.25) is 5.91 Å². The van der Waals surface area contributed by atoms with Gasteiger partial charge in [0.1, 0.15) is 0 Å². The van der Waals surface area contributed by atoms with Gasteiger partial charge in [0.05, 0.1) is 5.75 Å². The minimum atomic E-state index is 0.171. The third-order valence-electron chi connectivity index (χ3n) is 3.00. The van der Waals surface area contributed by atoms with Crippen molar-refractivity contribution in [2.75, 3.05) is 19.0 Å². The number of carbonyl (C=O) groups is 1. The maximum Gasteiger partial charge on any atom is 0.230 e. The van der Waals surface area contributed by atoms with Crippen molar-refractivity contribution in [1.82, 2.24) is 5.32 Å². The van der Waals surface area contributed by atoms with Crippen LogP contribution < -0.4 is 5.32 Å². The van der Waals surface area contributed by atoms with Gasteiger partial charge in [-0.25, -0.2) is 0 Å². The Labute approximate surface area is 103 Å². The Morgan fingerprint density at radius 1 is 1.38 bits per heavy atom. The van der Waals surface area contributed by atoms with E-state index in [0.29, 0.717) is 23.0 Å². The maximum absolute atomic E-state index is 11.7. The van der Waals surface area contributed by atoms with E-state index in [0.717, 1.165) is 26.1 Å². The summed E-state index contributed by atoms with van der Waals surface area (Å²) in [6.07, 6.45) is 1.91. The molecule has 0 aromatic carbocycles. The van der Waals surface area contributed by atoms with Crippen LogP contribution in [-0.2, 0) is 9.53 Å². The Morgan fingerprint density at radius 3 is 2.56 bits per heavy atom. The molecule has 1 atom stereocenters. The molecule has 1 saturated heterocycles. The molecule has 1 aliphatic heterocycles. The highest BCUT2D eigenvalue weighted by molar-refractivity contribution is 8.00. The minimum absolute atomic E-state index is 0.171. The van der Waals surface area contributed by atoms with Crippen LogP contribution in [0.2, 0.25) is 0 Å². The lowest BCUT2D eigenvalue weighted by atomic mass is 10.1. The molecule has 0 aromatic heterocycles. The van der Waals surface area contributed by atoms with Gasteiger partial charge in [-0.15, -0.1) is 11.8 Å². The van der Waals surface area contributed by atoms with Crippen LogP contribution >= 0.6 is 11.8 Å². The Kier molecular flexibility index (Phi) is 6.21. The molecular weight excluding hydrogens is 222 g/mol. The number of rotatable bonds is 5. The van der Waals surface area contributed by atoms with Gasteiger partial charge in [-0.1, -0.05) is 20.8 Å². The average Bonchev–Trinajstić information content (AvgIpc) is 2.27. The number of ether oxygens (including phenoxy) is 1. The predicted molar refractivity (Wildman–Crippen MR) is 68.7 cm³/mol. The van der Waals surface area contributed by atoms with Gasteiger partial charge < -0.3 is 10.1 Å². The van der Waals surface area contributed by atoms with Gasteiger partial charge in [0.25, 0.3) is 0 Å². The molecule has 1 heterocycles. The van der Waals surface area contributed by atoms with Crippen LogP contribution in [0.15, 0.2) is 0 Å². The molecule has 0 saturated carbocycles. The normalized spacial score (nSPS) is 19.8. The van der Waals surface area contributed by atoms with Crippen LogP contribution in [0.25, 0.3) is 0 Å². The van der Waals surface area contributed by atoms with Crippen molar-refractivity contribution in [1.29, 1.82) is 0 Å². The molecule has 1 rings (SSSR count). The molecular formula is C12H23NO2S. The third-order valence-corrected chi connectivity index (χ3v) is 4.50. The Balaban J connectivity index is 2.14. The molecule has 1 amide bonds. The quantitative estimate of drug-likeness (QED) is 0.806. The van der Waals surface area contributed by atoms with E-state index in [1.54, 1.807) is 11.8 Å². The van der Waals surface area contributed by atoms with E-state index in [1.807, 2.05) is 0 Å². The standard InChI is InChI=1S/C12H23NO2S/c1-9(2)10(3)16-8-12(14)13-11-4-6-15-7-5-11/h9-11H,4-8H2,1-3H3,(H,13,14)/t10-/m1/s1. The van der Waals surface area contributed by atoms with Crippen molar-refractivity contribution in [2.45, 2.75) is 44.9 Å². The minimum Gasteiger partial charge on any atom is -0.381 e. The molecule has 0 bridgehead atoms. The van der Waals surface area contributed by atoms with Crippen molar-refractivity contribution >= 4 is 17.7 Å². The molecule has 1 N–H and O–H groups in total. The zero-order valence-electron chi connectivity index (χ0n) is 10.5. The van der Waals surface area contributed by atoms with E-state index >= 15 is 0 Å². The highest BCUT2D eigenvalue weighted by Gasteiger charge is 2.17. The first kappa shape index (κ1) is 13.8. The van der Waals surface area contributed by atoms with Gasteiger partial charge in [-0.2, -0.15) is 0 Å². The Hall–Kier alpha value is -0.220. The summed E-state index contributed by atoms with van der Waals surface area (Å²) >= 11 is 1.74. The zero-order valence-corrected chi connectivity index (χ0v) is 11.3.